The zero-order valence-electron chi connectivity index (χ0n) is 12.9. The summed E-state index contributed by atoms with van der Waals surface area (Å²) in [5.74, 6) is -0.312. The number of benzene rings is 1. The lowest BCUT2D eigenvalue weighted by atomic mass is 10.2. The smallest absolute Gasteiger partial charge is 0.406 e. The van der Waals surface area contributed by atoms with E-state index in [-0.39, 0.29) is 25.3 Å². The van der Waals surface area contributed by atoms with Crippen LogP contribution in [0.1, 0.15) is 18.9 Å². The third-order valence-corrected chi connectivity index (χ3v) is 3.04. The topological polar surface area (TPSA) is 59.8 Å². The van der Waals surface area contributed by atoms with Crippen molar-refractivity contribution in [3.05, 3.63) is 23.8 Å². The van der Waals surface area contributed by atoms with E-state index in [2.05, 4.69) is 10.1 Å². The third-order valence-electron chi connectivity index (χ3n) is 3.04. The van der Waals surface area contributed by atoms with Gasteiger partial charge in [0.1, 0.15) is 5.75 Å². The molecule has 1 atom stereocenters. The van der Waals surface area contributed by atoms with E-state index in [4.69, 9.17) is 10.5 Å². The van der Waals surface area contributed by atoms with Gasteiger partial charge in [0.2, 0.25) is 0 Å². The average Bonchev–Trinajstić information content (AvgIpc) is 2.40. The zero-order valence-corrected chi connectivity index (χ0v) is 12.9. The normalized spacial score (nSPS) is 13.4. The number of anilines is 1. The Kier molecular flexibility index (Phi) is 6.92. The Morgan fingerprint density at radius 1 is 1.32 bits per heavy atom. The molecule has 1 aromatic rings. The molecule has 0 fully saturated rings. The van der Waals surface area contributed by atoms with Crippen LogP contribution < -0.4 is 15.8 Å². The van der Waals surface area contributed by atoms with Crippen LogP contribution in [-0.4, -0.2) is 38.3 Å². The van der Waals surface area contributed by atoms with Crippen LogP contribution in [-0.2, 0) is 11.3 Å². The van der Waals surface area contributed by atoms with Gasteiger partial charge in [-0.2, -0.15) is 0 Å². The molecular weight excluding hydrogens is 299 g/mol. The van der Waals surface area contributed by atoms with Crippen LogP contribution in [0.25, 0.3) is 0 Å². The van der Waals surface area contributed by atoms with E-state index in [0.717, 1.165) is 6.42 Å². The minimum atomic E-state index is -4.73. The summed E-state index contributed by atoms with van der Waals surface area (Å²) in [5.41, 5.74) is 6.53. The van der Waals surface area contributed by atoms with Gasteiger partial charge in [-0.3, -0.25) is 10.2 Å². The highest BCUT2D eigenvalue weighted by Gasteiger charge is 2.31. The molecule has 0 aliphatic heterocycles. The summed E-state index contributed by atoms with van der Waals surface area (Å²) in [7, 11) is 3.88. The molecule has 8 heteroatoms. The zero-order chi connectivity index (χ0) is 16.8. The predicted octanol–water partition coefficient (Wildman–Crippen LogP) is 2.53. The highest BCUT2D eigenvalue weighted by molar-refractivity contribution is 5.50. The van der Waals surface area contributed by atoms with Gasteiger partial charge in [0.25, 0.3) is 0 Å². The van der Waals surface area contributed by atoms with E-state index in [9.17, 15) is 13.2 Å². The summed E-state index contributed by atoms with van der Waals surface area (Å²) in [4.78, 5) is 2.01. The Morgan fingerprint density at radius 3 is 2.55 bits per heavy atom. The van der Waals surface area contributed by atoms with Gasteiger partial charge in [0.15, 0.2) is 0 Å². The number of nitrogens with one attached hydrogen (secondary N) is 1. The van der Waals surface area contributed by atoms with Crippen molar-refractivity contribution in [2.45, 2.75) is 32.5 Å². The maximum atomic E-state index is 12.2. The molecule has 0 radical (unpaired) electrons. The molecule has 1 rings (SSSR count). The number of ether oxygens (including phenoxy) is 2. The van der Waals surface area contributed by atoms with E-state index in [1.807, 2.05) is 25.9 Å². The van der Waals surface area contributed by atoms with Crippen molar-refractivity contribution in [2.75, 3.05) is 26.6 Å². The summed E-state index contributed by atoms with van der Waals surface area (Å²) in [6.07, 6.45) is -3.67. The van der Waals surface area contributed by atoms with Crippen LogP contribution in [0.5, 0.6) is 5.75 Å². The fourth-order valence-corrected chi connectivity index (χ4v) is 1.91. The molecule has 0 spiro atoms. The van der Waals surface area contributed by atoms with E-state index in [0.29, 0.717) is 11.3 Å². The first-order chi connectivity index (χ1) is 10.2. The van der Waals surface area contributed by atoms with Gasteiger partial charge in [-0.25, -0.2) is 0 Å². The molecule has 5 nitrogen and oxygen atoms in total. The Labute approximate surface area is 128 Å². The van der Waals surface area contributed by atoms with Crippen molar-refractivity contribution in [1.29, 1.82) is 0 Å². The lowest BCUT2D eigenvalue weighted by Gasteiger charge is -2.24. The highest BCUT2D eigenvalue weighted by Crippen LogP contribution is 2.26. The van der Waals surface area contributed by atoms with Crippen LogP contribution in [0.15, 0.2) is 18.2 Å². The van der Waals surface area contributed by atoms with Gasteiger partial charge in [-0.05, 0) is 38.7 Å². The molecule has 0 amide bonds. The maximum absolute atomic E-state index is 12.2. The van der Waals surface area contributed by atoms with Crippen molar-refractivity contribution in [3.63, 3.8) is 0 Å². The summed E-state index contributed by atoms with van der Waals surface area (Å²) >= 11 is 0. The molecule has 0 heterocycles. The molecule has 0 aliphatic rings. The average molecular weight is 321 g/mol. The van der Waals surface area contributed by atoms with Crippen molar-refractivity contribution >= 4 is 5.69 Å². The van der Waals surface area contributed by atoms with Crippen LogP contribution in [0.3, 0.4) is 0 Å². The predicted molar refractivity (Wildman–Crippen MR) is 78.1 cm³/mol. The van der Waals surface area contributed by atoms with Gasteiger partial charge in [0, 0.05) is 11.3 Å². The SMILES string of the molecule is CCC(NCOCc1cc(OC(F)(F)F)ccc1N)N(C)C. The minimum absolute atomic E-state index is 0.0950. The first-order valence-corrected chi connectivity index (χ1v) is 6.84. The van der Waals surface area contributed by atoms with E-state index < -0.39 is 6.36 Å². The largest absolute Gasteiger partial charge is 0.573 e. The summed E-state index contributed by atoms with van der Waals surface area (Å²) in [6.45, 7) is 2.39. The maximum Gasteiger partial charge on any atom is 0.573 e. The number of rotatable bonds is 8. The third kappa shape index (κ3) is 6.50. The molecular formula is C14H22F3N3O2. The molecule has 1 aromatic carbocycles. The molecule has 126 valence electrons. The molecule has 0 saturated heterocycles. The number of nitrogens with two attached hydrogens (primary N) is 1. The highest BCUT2D eigenvalue weighted by atomic mass is 19.4. The van der Waals surface area contributed by atoms with Gasteiger partial charge >= 0.3 is 6.36 Å². The molecule has 22 heavy (non-hydrogen) atoms. The Hall–Kier alpha value is -1.51. The van der Waals surface area contributed by atoms with Crippen LogP contribution in [0.4, 0.5) is 18.9 Å². The Morgan fingerprint density at radius 2 is 2.00 bits per heavy atom. The van der Waals surface area contributed by atoms with E-state index in [1.54, 1.807) is 0 Å². The van der Waals surface area contributed by atoms with E-state index >= 15 is 0 Å². The fourth-order valence-electron chi connectivity index (χ4n) is 1.91. The fraction of sp³-hybridized carbons (Fsp3) is 0.571. The van der Waals surface area contributed by atoms with Crippen molar-refractivity contribution < 1.29 is 22.6 Å². The second-order valence-electron chi connectivity index (χ2n) is 4.99. The van der Waals surface area contributed by atoms with Crippen LogP contribution in [0.2, 0.25) is 0 Å². The van der Waals surface area contributed by atoms with Gasteiger partial charge in [-0.15, -0.1) is 13.2 Å². The second kappa shape index (κ2) is 8.21. The molecule has 0 aromatic heterocycles. The van der Waals surface area contributed by atoms with Crippen LogP contribution >= 0.6 is 0 Å². The standard InChI is InChI=1S/C14H22F3N3O2/c1-4-13(20(2)3)19-9-21-8-10-7-11(5-6-12(10)18)22-14(15,16)17/h5-7,13,19H,4,8-9,18H2,1-3H3. The number of nitrogen functional groups attached to an aromatic ring is 1. The van der Waals surface area contributed by atoms with Crippen molar-refractivity contribution in [3.8, 4) is 5.75 Å². The first-order valence-electron chi connectivity index (χ1n) is 6.84. The Bertz CT molecular complexity index is 467. The second-order valence-corrected chi connectivity index (χ2v) is 4.99. The van der Waals surface area contributed by atoms with Crippen molar-refractivity contribution in [2.24, 2.45) is 0 Å². The number of hydrogen-bond acceptors (Lipinski definition) is 5. The van der Waals surface area contributed by atoms with Crippen LogP contribution in [0, 0.1) is 0 Å². The van der Waals surface area contributed by atoms with Gasteiger partial charge in [-0.1, -0.05) is 6.92 Å². The van der Waals surface area contributed by atoms with Gasteiger partial charge in [0.05, 0.1) is 19.5 Å². The van der Waals surface area contributed by atoms with Crippen molar-refractivity contribution in [1.82, 2.24) is 10.2 Å². The van der Waals surface area contributed by atoms with E-state index in [1.165, 1.54) is 18.2 Å². The number of alkyl halides is 3. The minimum Gasteiger partial charge on any atom is -0.406 e. The summed E-state index contributed by atoms with van der Waals surface area (Å²) < 4.78 is 45.8. The summed E-state index contributed by atoms with van der Waals surface area (Å²) in [6, 6.07) is 3.76. The lowest BCUT2D eigenvalue weighted by Crippen LogP contribution is -2.41. The number of halogens is 3. The number of nitrogens with zero attached hydrogens (tertiary/aromatic N) is 1. The lowest BCUT2D eigenvalue weighted by molar-refractivity contribution is -0.274. The van der Waals surface area contributed by atoms with Gasteiger partial charge < -0.3 is 15.2 Å². The molecule has 1 unspecified atom stereocenters. The summed E-state index contributed by atoms with van der Waals surface area (Å²) in [5, 5.41) is 3.16. The Balaban J connectivity index is 2.53. The monoisotopic (exact) mass is 321 g/mol. The molecule has 0 bridgehead atoms. The number of hydrogen-bond donors (Lipinski definition) is 2. The molecule has 0 aliphatic carbocycles. The first kappa shape index (κ1) is 18.5. The molecule has 3 N–H and O–H groups in total. The molecule has 0 saturated carbocycles. The quantitative estimate of drug-likeness (QED) is 0.438.